The molecule has 0 aliphatic rings. The number of anilines is 1. The molecule has 0 heterocycles. The van der Waals surface area contributed by atoms with E-state index in [1.807, 2.05) is 26.0 Å². The fourth-order valence-electron chi connectivity index (χ4n) is 2.52. The van der Waals surface area contributed by atoms with Crippen LogP contribution in [0.25, 0.3) is 0 Å². The van der Waals surface area contributed by atoms with Crippen LogP contribution in [0.1, 0.15) is 41.3 Å². The van der Waals surface area contributed by atoms with E-state index < -0.39 is 23.8 Å². The highest BCUT2D eigenvalue weighted by Crippen LogP contribution is 2.22. The number of rotatable bonds is 7. The minimum Gasteiger partial charge on any atom is -0.453 e. The van der Waals surface area contributed by atoms with Crippen LogP contribution in [0.15, 0.2) is 36.4 Å². The van der Waals surface area contributed by atoms with Crippen LogP contribution in [0.4, 0.5) is 10.1 Å². The van der Waals surface area contributed by atoms with E-state index in [1.54, 1.807) is 6.07 Å². The summed E-state index contributed by atoms with van der Waals surface area (Å²) in [7, 11) is 0. The van der Waals surface area contributed by atoms with Gasteiger partial charge in [0.25, 0.3) is 5.91 Å². The third-order valence-electron chi connectivity index (χ3n) is 4.12. The van der Waals surface area contributed by atoms with Gasteiger partial charge in [-0.15, -0.1) is 0 Å². The van der Waals surface area contributed by atoms with E-state index in [1.165, 1.54) is 13.0 Å². The van der Waals surface area contributed by atoms with Gasteiger partial charge in [-0.1, -0.05) is 29.3 Å². The zero-order chi connectivity index (χ0) is 20.8. The molecular formula is C21H21ClFNO4. The van der Waals surface area contributed by atoms with Crippen molar-refractivity contribution in [1.82, 2.24) is 0 Å². The molecule has 7 heteroatoms. The van der Waals surface area contributed by atoms with Crippen molar-refractivity contribution in [2.75, 3.05) is 5.32 Å². The number of benzene rings is 2. The Labute approximate surface area is 167 Å². The minimum absolute atomic E-state index is 0.0126. The molecule has 0 fully saturated rings. The average Bonchev–Trinajstić information content (AvgIpc) is 2.63. The molecule has 0 saturated carbocycles. The van der Waals surface area contributed by atoms with Gasteiger partial charge < -0.3 is 10.1 Å². The average molecular weight is 406 g/mol. The number of Topliss-reactive ketones (excluding diaryl/α,β-unsaturated/α-hetero) is 1. The van der Waals surface area contributed by atoms with Crippen molar-refractivity contribution in [2.45, 2.75) is 39.7 Å². The Bertz CT molecular complexity index is 913. The molecule has 0 radical (unpaired) electrons. The van der Waals surface area contributed by atoms with E-state index in [4.69, 9.17) is 16.3 Å². The maximum Gasteiger partial charge on any atom is 0.307 e. The SMILES string of the molecule is Cc1ccc(C)c(C(=O)CCC(=O)O[C@H](C)C(=O)Nc2ccc(F)cc2Cl)c1. The van der Waals surface area contributed by atoms with Crippen LogP contribution in [0.2, 0.25) is 5.02 Å². The van der Waals surface area contributed by atoms with Gasteiger partial charge in [0.15, 0.2) is 11.9 Å². The second-order valence-corrected chi connectivity index (χ2v) is 6.89. The number of esters is 1. The molecule has 28 heavy (non-hydrogen) atoms. The molecule has 0 unspecified atom stereocenters. The van der Waals surface area contributed by atoms with Gasteiger partial charge >= 0.3 is 5.97 Å². The lowest BCUT2D eigenvalue weighted by molar-refractivity contribution is -0.153. The zero-order valence-electron chi connectivity index (χ0n) is 15.8. The summed E-state index contributed by atoms with van der Waals surface area (Å²) < 4.78 is 18.1. The van der Waals surface area contributed by atoms with Gasteiger partial charge in [-0.25, -0.2) is 4.39 Å². The first-order chi connectivity index (χ1) is 13.2. The topological polar surface area (TPSA) is 72.5 Å². The van der Waals surface area contributed by atoms with Crippen LogP contribution in [0.5, 0.6) is 0 Å². The predicted octanol–water partition coefficient (Wildman–Crippen LogP) is 4.63. The number of halogens is 2. The van der Waals surface area contributed by atoms with Crippen molar-refractivity contribution in [3.8, 4) is 0 Å². The van der Waals surface area contributed by atoms with Crippen LogP contribution in [-0.2, 0) is 14.3 Å². The number of ether oxygens (including phenoxy) is 1. The Kier molecular flexibility index (Phi) is 7.29. The van der Waals surface area contributed by atoms with Crippen molar-refractivity contribution >= 4 is 34.9 Å². The number of amides is 1. The molecule has 148 valence electrons. The predicted molar refractivity (Wildman–Crippen MR) is 105 cm³/mol. The van der Waals surface area contributed by atoms with E-state index in [0.29, 0.717) is 5.56 Å². The van der Waals surface area contributed by atoms with Crippen molar-refractivity contribution in [3.63, 3.8) is 0 Å². The Morgan fingerprint density at radius 1 is 1.11 bits per heavy atom. The molecule has 0 aromatic heterocycles. The molecular weight excluding hydrogens is 385 g/mol. The summed E-state index contributed by atoms with van der Waals surface area (Å²) in [5.41, 5.74) is 2.58. The number of hydrogen-bond acceptors (Lipinski definition) is 4. The minimum atomic E-state index is -1.09. The summed E-state index contributed by atoms with van der Waals surface area (Å²) in [4.78, 5) is 36.4. The summed E-state index contributed by atoms with van der Waals surface area (Å²) in [6.45, 7) is 5.12. The Hall–Kier alpha value is -2.73. The van der Waals surface area contributed by atoms with Crippen LogP contribution in [-0.4, -0.2) is 23.8 Å². The highest BCUT2D eigenvalue weighted by molar-refractivity contribution is 6.33. The Morgan fingerprint density at radius 3 is 2.50 bits per heavy atom. The maximum atomic E-state index is 13.0. The summed E-state index contributed by atoms with van der Waals surface area (Å²) in [6.07, 6.45) is -1.24. The third kappa shape index (κ3) is 5.89. The van der Waals surface area contributed by atoms with Crippen LogP contribution in [0.3, 0.4) is 0 Å². The number of carbonyl (C=O) groups is 3. The molecule has 2 aromatic carbocycles. The molecule has 2 aromatic rings. The quantitative estimate of drug-likeness (QED) is 0.538. The summed E-state index contributed by atoms with van der Waals surface area (Å²) in [5.74, 6) is -1.96. The van der Waals surface area contributed by atoms with E-state index in [0.717, 1.165) is 23.3 Å². The van der Waals surface area contributed by atoms with Gasteiger partial charge in [-0.2, -0.15) is 0 Å². The van der Waals surface area contributed by atoms with Gasteiger partial charge in [-0.3, -0.25) is 14.4 Å². The van der Waals surface area contributed by atoms with Gasteiger partial charge in [0.1, 0.15) is 5.82 Å². The van der Waals surface area contributed by atoms with Crippen molar-refractivity contribution in [3.05, 3.63) is 63.9 Å². The van der Waals surface area contributed by atoms with E-state index in [9.17, 15) is 18.8 Å². The molecule has 2 rings (SSSR count). The van der Waals surface area contributed by atoms with Gasteiger partial charge in [0.2, 0.25) is 0 Å². The Morgan fingerprint density at radius 2 is 1.82 bits per heavy atom. The lowest BCUT2D eigenvalue weighted by Gasteiger charge is -2.14. The number of ketones is 1. The van der Waals surface area contributed by atoms with Crippen LogP contribution < -0.4 is 5.32 Å². The summed E-state index contributed by atoms with van der Waals surface area (Å²) >= 11 is 5.85. The molecule has 0 spiro atoms. The first-order valence-electron chi connectivity index (χ1n) is 8.73. The second kappa shape index (κ2) is 9.46. The van der Waals surface area contributed by atoms with Gasteiger partial charge in [-0.05, 0) is 50.6 Å². The molecule has 1 amide bonds. The zero-order valence-corrected chi connectivity index (χ0v) is 16.6. The van der Waals surface area contributed by atoms with E-state index >= 15 is 0 Å². The molecule has 1 N–H and O–H groups in total. The van der Waals surface area contributed by atoms with Crippen molar-refractivity contribution in [1.29, 1.82) is 0 Å². The molecule has 0 aliphatic carbocycles. The first kappa shape index (κ1) is 21.6. The summed E-state index contributed by atoms with van der Waals surface area (Å²) in [5, 5.41) is 2.50. The van der Waals surface area contributed by atoms with Crippen LogP contribution >= 0.6 is 11.6 Å². The second-order valence-electron chi connectivity index (χ2n) is 6.49. The summed E-state index contributed by atoms with van der Waals surface area (Å²) in [6, 6.07) is 9.07. The monoisotopic (exact) mass is 405 g/mol. The lowest BCUT2D eigenvalue weighted by atomic mass is 9.99. The van der Waals surface area contributed by atoms with E-state index in [2.05, 4.69) is 5.32 Å². The molecule has 0 bridgehead atoms. The highest BCUT2D eigenvalue weighted by Gasteiger charge is 2.20. The number of carbonyl (C=O) groups excluding carboxylic acids is 3. The maximum absolute atomic E-state index is 13.0. The smallest absolute Gasteiger partial charge is 0.307 e. The third-order valence-corrected chi connectivity index (χ3v) is 4.43. The van der Waals surface area contributed by atoms with Gasteiger partial charge in [0, 0.05) is 12.0 Å². The Balaban J connectivity index is 1.87. The van der Waals surface area contributed by atoms with E-state index in [-0.39, 0.29) is 29.3 Å². The lowest BCUT2D eigenvalue weighted by Crippen LogP contribution is -2.30. The number of aryl methyl sites for hydroxylation is 2. The fraction of sp³-hybridized carbons (Fsp3) is 0.286. The molecule has 0 aliphatic heterocycles. The highest BCUT2D eigenvalue weighted by atomic mass is 35.5. The normalized spacial score (nSPS) is 11.6. The first-order valence-corrected chi connectivity index (χ1v) is 9.11. The van der Waals surface area contributed by atoms with Gasteiger partial charge in [0.05, 0.1) is 17.1 Å². The van der Waals surface area contributed by atoms with Crippen molar-refractivity contribution < 1.29 is 23.5 Å². The standard InChI is InChI=1S/C21H21ClFNO4/c1-12-4-5-13(2)16(10-12)19(25)8-9-20(26)28-14(3)21(27)24-18-7-6-15(23)11-17(18)22/h4-7,10-11,14H,8-9H2,1-3H3,(H,24,27)/t14-/m1/s1. The fourth-order valence-corrected chi connectivity index (χ4v) is 2.74. The molecule has 1 atom stereocenters. The number of hydrogen-bond donors (Lipinski definition) is 1. The molecule has 0 saturated heterocycles. The van der Waals surface area contributed by atoms with Crippen LogP contribution in [0, 0.1) is 19.7 Å². The molecule has 5 nitrogen and oxygen atoms in total. The van der Waals surface area contributed by atoms with Crippen molar-refractivity contribution in [2.24, 2.45) is 0 Å². The number of nitrogens with one attached hydrogen (secondary N) is 1. The largest absolute Gasteiger partial charge is 0.453 e.